The van der Waals surface area contributed by atoms with Gasteiger partial charge in [-0.15, -0.1) is 4.85 Å². The minimum Gasteiger partial charge on any atom is -0.472 e. The van der Waals surface area contributed by atoms with Gasteiger partial charge in [-0.05, 0) is 11.6 Å². The molecule has 0 aliphatic rings. The van der Waals surface area contributed by atoms with Crippen molar-refractivity contribution in [1.29, 1.82) is 0 Å². The van der Waals surface area contributed by atoms with Gasteiger partial charge in [0.1, 0.15) is 13.3 Å². The van der Waals surface area contributed by atoms with E-state index in [1.54, 1.807) is 18.2 Å². The Morgan fingerprint density at radius 1 is 1.41 bits per heavy atom. The van der Waals surface area contributed by atoms with E-state index in [1.165, 1.54) is 12.3 Å². The molecule has 0 saturated carbocycles. The molecule has 0 spiro atoms. The van der Waals surface area contributed by atoms with Gasteiger partial charge in [-0.3, -0.25) is 0 Å². The van der Waals surface area contributed by atoms with E-state index in [0.29, 0.717) is 21.0 Å². The van der Waals surface area contributed by atoms with Gasteiger partial charge in [0.2, 0.25) is 5.88 Å². The Hall–Kier alpha value is -1.75. The van der Waals surface area contributed by atoms with E-state index in [0.717, 1.165) is 0 Å². The maximum absolute atomic E-state index is 12.7. The van der Waals surface area contributed by atoms with Crippen LogP contribution in [-0.2, 0) is 13.3 Å². The van der Waals surface area contributed by atoms with E-state index in [-0.39, 0.29) is 12.5 Å². The molecule has 0 radical (unpaired) electrons. The van der Waals surface area contributed by atoms with Crippen LogP contribution in [0.1, 0.15) is 11.1 Å². The van der Waals surface area contributed by atoms with Gasteiger partial charge in [0.25, 0.3) is 0 Å². The second-order valence-electron chi connectivity index (χ2n) is 3.37. The first-order valence-electron chi connectivity index (χ1n) is 4.90. The van der Waals surface area contributed by atoms with Gasteiger partial charge < -0.3 is 9.94 Å². The molecule has 0 fully saturated rings. The fraction of sp³-hybridized carbons (Fsp3) is 0.182. The monoisotopic (exact) mass is 256 g/mol. The fourth-order valence-electron chi connectivity index (χ4n) is 1.41. The van der Waals surface area contributed by atoms with Crippen LogP contribution in [0.2, 0.25) is 5.02 Å². The van der Waals surface area contributed by atoms with Crippen molar-refractivity contribution in [3.63, 3.8) is 0 Å². The van der Waals surface area contributed by atoms with Crippen molar-refractivity contribution in [3.8, 4) is 5.88 Å². The number of ether oxygens (including phenoxy) is 1. The minimum absolute atomic E-state index is 0.107. The topological polar surface area (TPSA) is 47.3 Å². The zero-order valence-electron chi connectivity index (χ0n) is 8.81. The van der Waals surface area contributed by atoms with Gasteiger partial charge in [-0.1, -0.05) is 28.8 Å². The number of hydrogen-bond acceptors (Lipinski definition) is 3. The first-order chi connectivity index (χ1) is 8.20. The lowest BCUT2D eigenvalue weighted by Crippen LogP contribution is -2.01. The summed E-state index contributed by atoms with van der Waals surface area (Å²) < 4.78 is 18.0. The lowest BCUT2D eigenvalue weighted by atomic mass is 10.1. The Kier molecular flexibility index (Phi) is 3.49. The Labute approximate surface area is 102 Å². The molecule has 1 heterocycles. The zero-order valence-corrected chi connectivity index (χ0v) is 9.56. The Bertz CT molecular complexity index is 516. The smallest absolute Gasteiger partial charge is 0.236 e. The molecule has 1 aromatic heterocycles. The molecule has 1 aromatic carbocycles. The van der Waals surface area contributed by atoms with Gasteiger partial charge >= 0.3 is 0 Å². The summed E-state index contributed by atoms with van der Waals surface area (Å²) in [4.78, 5) is 0.637. The summed E-state index contributed by atoms with van der Waals surface area (Å²) in [5, 5.41) is 13.0. The number of nitrogens with zero attached hydrogens (tertiary/aromatic N) is 2. The molecule has 1 N–H and O–H groups in total. The van der Waals surface area contributed by atoms with Gasteiger partial charge in [-0.25, -0.2) is 4.39 Å². The van der Waals surface area contributed by atoms with Gasteiger partial charge in [0.15, 0.2) is 0 Å². The fourth-order valence-corrected chi connectivity index (χ4v) is 1.66. The first kappa shape index (κ1) is 11.7. The van der Waals surface area contributed by atoms with Crippen LogP contribution in [0.5, 0.6) is 5.88 Å². The van der Waals surface area contributed by atoms with Gasteiger partial charge in [-0.2, -0.15) is 0 Å². The average molecular weight is 257 g/mol. The molecule has 0 bridgehead atoms. The summed E-state index contributed by atoms with van der Waals surface area (Å²) >= 11 is 5.96. The number of benzene rings is 1. The second kappa shape index (κ2) is 5.05. The van der Waals surface area contributed by atoms with E-state index in [1.807, 2.05) is 0 Å². The molecule has 6 heteroatoms. The molecular formula is C11H10ClFN2O2. The van der Waals surface area contributed by atoms with E-state index in [2.05, 4.69) is 5.10 Å². The molecule has 0 atom stereocenters. The zero-order chi connectivity index (χ0) is 12.3. The highest BCUT2D eigenvalue weighted by molar-refractivity contribution is 6.31. The van der Waals surface area contributed by atoms with E-state index >= 15 is 0 Å². The van der Waals surface area contributed by atoms with Crippen LogP contribution < -0.4 is 4.74 Å². The Morgan fingerprint density at radius 3 is 2.88 bits per heavy atom. The highest BCUT2D eigenvalue weighted by Crippen LogP contribution is 2.22. The van der Waals surface area contributed by atoms with Crippen molar-refractivity contribution in [2.45, 2.75) is 13.3 Å². The second-order valence-corrected chi connectivity index (χ2v) is 3.78. The highest BCUT2D eigenvalue weighted by Gasteiger charge is 2.08. The summed E-state index contributed by atoms with van der Waals surface area (Å²) in [6.07, 6.45) is 1.33. The minimum atomic E-state index is -0.603. The maximum Gasteiger partial charge on any atom is 0.236 e. The van der Waals surface area contributed by atoms with Crippen molar-refractivity contribution >= 4 is 11.6 Å². The number of halogens is 2. The first-order valence-corrected chi connectivity index (χ1v) is 5.28. The van der Waals surface area contributed by atoms with Crippen molar-refractivity contribution in [3.05, 3.63) is 46.6 Å². The summed E-state index contributed by atoms with van der Waals surface area (Å²) in [6.45, 7) is -0.496. The SMILES string of the molecule is On1ccc(OCc2c(Cl)cccc2CF)n1. The largest absolute Gasteiger partial charge is 0.472 e. The molecule has 2 rings (SSSR count). The van der Waals surface area contributed by atoms with Crippen LogP contribution in [0.25, 0.3) is 0 Å². The van der Waals surface area contributed by atoms with Gasteiger partial charge in [0, 0.05) is 16.7 Å². The molecule has 0 saturated heterocycles. The standard InChI is InChI=1S/C11H10ClFN2O2/c12-10-3-1-2-8(6-13)9(10)7-17-11-4-5-15(16)14-11/h1-5,16H,6-7H2. The van der Waals surface area contributed by atoms with Crippen LogP contribution in [-0.4, -0.2) is 15.2 Å². The van der Waals surface area contributed by atoms with E-state index in [9.17, 15) is 4.39 Å². The summed E-state index contributed by atoms with van der Waals surface area (Å²) in [6, 6.07) is 6.49. The maximum atomic E-state index is 12.7. The molecule has 2 aromatic rings. The quantitative estimate of drug-likeness (QED) is 0.856. The summed E-state index contributed by atoms with van der Waals surface area (Å²) in [7, 11) is 0. The molecule has 4 nitrogen and oxygen atoms in total. The predicted molar refractivity (Wildman–Crippen MR) is 60.0 cm³/mol. The van der Waals surface area contributed by atoms with Crippen LogP contribution >= 0.6 is 11.6 Å². The number of rotatable bonds is 4. The van der Waals surface area contributed by atoms with Crippen molar-refractivity contribution in [1.82, 2.24) is 9.94 Å². The third-order valence-corrected chi connectivity index (χ3v) is 2.63. The average Bonchev–Trinajstić information content (AvgIpc) is 2.73. The molecule has 90 valence electrons. The normalized spacial score (nSPS) is 10.5. The Balaban J connectivity index is 2.13. The predicted octanol–water partition coefficient (Wildman–Crippen LogP) is 2.82. The molecule has 17 heavy (non-hydrogen) atoms. The van der Waals surface area contributed by atoms with Crippen LogP contribution in [0.15, 0.2) is 30.5 Å². The molecular weight excluding hydrogens is 247 g/mol. The summed E-state index contributed by atoms with van der Waals surface area (Å²) in [5.74, 6) is 0.247. The lowest BCUT2D eigenvalue weighted by Gasteiger charge is -2.09. The van der Waals surface area contributed by atoms with Gasteiger partial charge in [0.05, 0.1) is 6.20 Å². The Morgan fingerprint density at radius 2 is 2.24 bits per heavy atom. The lowest BCUT2D eigenvalue weighted by molar-refractivity contribution is 0.141. The van der Waals surface area contributed by atoms with Crippen molar-refractivity contribution < 1.29 is 14.3 Å². The number of hydrogen-bond donors (Lipinski definition) is 1. The highest BCUT2D eigenvalue weighted by atomic mass is 35.5. The van der Waals surface area contributed by atoms with Crippen molar-refractivity contribution in [2.75, 3.05) is 0 Å². The van der Waals surface area contributed by atoms with Crippen LogP contribution in [0, 0.1) is 0 Å². The van der Waals surface area contributed by atoms with E-state index < -0.39 is 6.67 Å². The molecule has 0 amide bonds. The summed E-state index contributed by atoms with van der Waals surface area (Å²) in [5.41, 5.74) is 1.07. The molecule has 0 aliphatic carbocycles. The molecule has 0 unspecified atom stereocenters. The van der Waals surface area contributed by atoms with Crippen LogP contribution in [0.3, 0.4) is 0 Å². The number of aromatic nitrogens is 2. The van der Waals surface area contributed by atoms with Crippen LogP contribution in [0.4, 0.5) is 4.39 Å². The third-order valence-electron chi connectivity index (χ3n) is 2.28. The molecule has 0 aliphatic heterocycles. The third kappa shape index (κ3) is 2.68. The number of alkyl halides is 1. The van der Waals surface area contributed by atoms with E-state index in [4.69, 9.17) is 21.5 Å². The van der Waals surface area contributed by atoms with Crippen molar-refractivity contribution in [2.24, 2.45) is 0 Å².